The lowest BCUT2D eigenvalue weighted by Crippen LogP contribution is -2.20. The highest BCUT2D eigenvalue weighted by molar-refractivity contribution is 5.93. The van der Waals surface area contributed by atoms with Crippen molar-refractivity contribution in [3.05, 3.63) is 54.1 Å². The first-order valence-electron chi connectivity index (χ1n) is 7.96. The van der Waals surface area contributed by atoms with Crippen LogP contribution in [0.1, 0.15) is 25.3 Å². The molecule has 0 fully saturated rings. The van der Waals surface area contributed by atoms with E-state index in [0.29, 0.717) is 23.5 Å². The zero-order valence-electron chi connectivity index (χ0n) is 14.0. The van der Waals surface area contributed by atoms with Crippen molar-refractivity contribution in [1.29, 1.82) is 0 Å². The van der Waals surface area contributed by atoms with Crippen molar-refractivity contribution in [3.63, 3.8) is 0 Å². The number of anilines is 2. The Balaban J connectivity index is 1.81. The third kappa shape index (κ3) is 5.76. The van der Waals surface area contributed by atoms with E-state index < -0.39 is 0 Å². The van der Waals surface area contributed by atoms with E-state index in [-0.39, 0.29) is 18.4 Å². The van der Waals surface area contributed by atoms with Crippen LogP contribution in [0, 0.1) is 6.92 Å². The first kappa shape index (κ1) is 17.5. The van der Waals surface area contributed by atoms with E-state index in [1.54, 1.807) is 24.3 Å². The third-order valence-corrected chi connectivity index (χ3v) is 3.32. The Bertz CT molecular complexity index is 679. The summed E-state index contributed by atoms with van der Waals surface area (Å²) < 4.78 is 5.43. The predicted octanol–water partition coefficient (Wildman–Crippen LogP) is 3.75. The summed E-state index contributed by atoms with van der Waals surface area (Å²) in [4.78, 5) is 23.4. The van der Waals surface area contributed by atoms with Crippen LogP contribution in [0.15, 0.2) is 48.5 Å². The van der Waals surface area contributed by atoms with Crippen LogP contribution in [0.5, 0.6) is 5.75 Å². The van der Waals surface area contributed by atoms with Gasteiger partial charge in [0.15, 0.2) is 6.61 Å². The second-order valence-electron chi connectivity index (χ2n) is 5.53. The van der Waals surface area contributed by atoms with Crippen molar-refractivity contribution in [2.45, 2.75) is 26.7 Å². The van der Waals surface area contributed by atoms with E-state index in [0.717, 1.165) is 12.0 Å². The SMILES string of the molecule is CCCC(=O)Nc1ccc(NC(=O)COc2ccc(C)cc2)cc1. The van der Waals surface area contributed by atoms with Gasteiger partial charge in [0.25, 0.3) is 5.91 Å². The van der Waals surface area contributed by atoms with Crippen molar-refractivity contribution in [3.8, 4) is 5.75 Å². The number of nitrogens with one attached hydrogen (secondary N) is 2. The summed E-state index contributed by atoms with van der Waals surface area (Å²) in [5, 5.41) is 5.55. The molecule has 0 atom stereocenters. The van der Waals surface area contributed by atoms with Gasteiger partial charge >= 0.3 is 0 Å². The highest BCUT2D eigenvalue weighted by Crippen LogP contribution is 2.15. The van der Waals surface area contributed by atoms with Gasteiger partial charge in [-0.3, -0.25) is 9.59 Å². The van der Waals surface area contributed by atoms with Gasteiger partial charge in [-0.1, -0.05) is 24.6 Å². The molecule has 0 saturated carbocycles. The van der Waals surface area contributed by atoms with Crippen molar-refractivity contribution in [1.82, 2.24) is 0 Å². The molecule has 5 heteroatoms. The maximum Gasteiger partial charge on any atom is 0.262 e. The zero-order chi connectivity index (χ0) is 17.4. The van der Waals surface area contributed by atoms with Gasteiger partial charge in [0, 0.05) is 17.8 Å². The molecular weight excluding hydrogens is 304 g/mol. The Hall–Kier alpha value is -2.82. The Labute approximate surface area is 142 Å². The van der Waals surface area contributed by atoms with E-state index in [9.17, 15) is 9.59 Å². The van der Waals surface area contributed by atoms with Crippen molar-refractivity contribution in [2.75, 3.05) is 17.2 Å². The monoisotopic (exact) mass is 326 g/mol. The summed E-state index contributed by atoms with van der Waals surface area (Å²) >= 11 is 0. The topological polar surface area (TPSA) is 67.4 Å². The molecule has 2 aromatic rings. The fourth-order valence-electron chi connectivity index (χ4n) is 2.07. The molecule has 0 aliphatic carbocycles. The predicted molar refractivity (Wildman–Crippen MR) is 95.3 cm³/mol. The molecule has 0 aliphatic heterocycles. The van der Waals surface area contributed by atoms with E-state index in [1.165, 1.54) is 0 Å². The fourth-order valence-corrected chi connectivity index (χ4v) is 2.07. The van der Waals surface area contributed by atoms with Gasteiger partial charge in [-0.25, -0.2) is 0 Å². The molecular formula is C19H22N2O3. The number of benzene rings is 2. The molecule has 0 aromatic heterocycles. The molecule has 0 aliphatic rings. The lowest BCUT2D eigenvalue weighted by atomic mass is 10.2. The van der Waals surface area contributed by atoms with Crippen molar-refractivity contribution in [2.24, 2.45) is 0 Å². The molecule has 24 heavy (non-hydrogen) atoms. The number of amides is 2. The Morgan fingerprint density at radius 2 is 1.42 bits per heavy atom. The molecule has 0 bridgehead atoms. The van der Waals surface area contributed by atoms with E-state index in [2.05, 4.69) is 10.6 Å². The molecule has 126 valence electrons. The van der Waals surface area contributed by atoms with Gasteiger partial charge in [0.2, 0.25) is 5.91 Å². The van der Waals surface area contributed by atoms with Gasteiger partial charge in [-0.15, -0.1) is 0 Å². The smallest absolute Gasteiger partial charge is 0.262 e. The van der Waals surface area contributed by atoms with Crippen molar-refractivity contribution < 1.29 is 14.3 Å². The summed E-state index contributed by atoms with van der Waals surface area (Å²) in [6.07, 6.45) is 1.30. The molecule has 0 heterocycles. The minimum atomic E-state index is -0.238. The Morgan fingerprint density at radius 3 is 1.96 bits per heavy atom. The van der Waals surface area contributed by atoms with Crippen LogP contribution in [-0.4, -0.2) is 18.4 Å². The molecule has 5 nitrogen and oxygen atoms in total. The Kier molecular flexibility index (Phi) is 6.37. The summed E-state index contributed by atoms with van der Waals surface area (Å²) in [6.45, 7) is 3.89. The van der Waals surface area contributed by atoms with Crippen LogP contribution >= 0.6 is 0 Å². The molecule has 2 N–H and O–H groups in total. The summed E-state index contributed by atoms with van der Waals surface area (Å²) in [5.41, 5.74) is 2.50. The van der Waals surface area contributed by atoms with E-state index in [4.69, 9.17) is 4.74 Å². The fraction of sp³-hybridized carbons (Fsp3) is 0.263. The van der Waals surface area contributed by atoms with Crippen LogP contribution in [0.25, 0.3) is 0 Å². The molecule has 2 amide bonds. The van der Waals surface area contributed by atoms with Gasteiger partial charge in [0.1, 0.15) is 5.75 Å². The van der Waals surface area contributed by atoms with E-state index in [1.807, 2.05) is 38.1 Å². The second-order valence-corrected chi connectivity index (χ2v) is 5.53. The van der Waals surface area contributed by atoms with Crippen LogP contribution < -0.4 is 15.4 Å². The quantitative estimate of drug-likeness (QED) is 0.814. The van der Waals surface area contributed by atoms with Gasteiger partial charge < -0.3 is 15.4 Å². The van der Waals surface area contributed by atoms with Crippen LogP contribution in [0.4, 0.5) is 11.4 Å². The number of rotatable bonds is 7. The highest BCUT2D eigenvalue weighted by atomic mass is 16.5. The molecule has 2 rings (SSSR count). The molecule has 0 spiro atoms. The summed E-state index contributed by atoms with van der Waals surface area (Å²) in [5.74, 6) is 0.406. The molecule has 0 saturated heterocycles. The number of carbonyl (C=O) groups excluding carboxylic acids is 2. The Morgan fingerprint density at radius 1 is 0.875 bits per heavy atom. The summed E-state index contributed by atoms with van der Waals surface area (Å²) in [7, 11) is 0. The standard InChI is InChI=1S/C19H22N2O3/c1-3-4-18(22)20-15-7-9-16(10-8-15)21-19(23)13-24-17-11-5-14(2)6-12-17/h5-12H,3-4,13H2,1-2H3,(H,20,22)(H,21,23). The minimum Gasteiger partial charge on any atom is -0.484 e. The zero-order valence-corrected chi connectivity index (χ0v) is 14.0. The van der Waals surface area contributed by atoms with Crippen LogP contribution in [-0.2, 0) is 9.59 Å². The lowest BCUT2D eigenvalue weighted by Gasteiger charge is -2.09. The van der Waals surface area contributed by atoms with Gasteiger partial charge in [-0.05, 0) is 49.7 Å². The number of hydrogen-bond donors (Lipinski definition) is 2. The van der Waals surface area contributed by atoms with Crippen LogP contribution in [0.2, 0.25) is 0 Å². The first-order valence-corrected chi connectivity index (χ1v) is 7.96. The number of ether oxygens (including phenoxy) is 1. The van der Waals surface area contributed by atoms with Gasteiger partial charge in [0.05, 0.1) is 0 Å². The number of aryl methyl sites for hydroxylation is 1. The average molecular weight is 326 g/mol. The number of carbonyl (C=O) groups is 2. The normalized spacial score (nSPS) is 10.1. The van der Waals surface area contributed by atoms with E-state index >= 15 is 0 Å². The lowest BCUT2D eigenvalue weighted by molar-refractivity contribution is -0.118. The molecule has 0 unspecified atom stereocenters. The minimum absolute atomic E-state index is 0.0132. The van der Waals surface area contributed by atoms with Crippen LogP contribution in [0.3, 0.4) is 0 Å². The maximum absolute atomic E-state index is 11.9. The first-order chi connectivity index (χ1) is 11.6. The average Bonchev–Trinajstić information content (AvgIpc) is 2.56. The highest BCUT2D eigenvalue weighted by Gasteiger charge is 2.05. The van der Waals surface area contributed by atoms with Gasteiger partial charge in [-0.2, -0.15) is 0 Å². The third-order valence-electron chi connectivity index (χ3n) is 3.32. The molecule has 2 aromatic carbocycles. The molecule has 0 radical (unpaired) electrons. The second kappa shape index (κ2) is 8.72. The van der Waals surface area contributed by atoms with Crippen molar-refractivity contribution >= 4 is 23.2 Å². The number of hydrogen-bond acceptors (Lipinski definition) is 3. The maximum atomic E-state index is 11.9. The largest absolute Gasteiger partial charge is 0.484 e. The summed E-state index contributed by atoms with van der Waals surface area (Å²) in [6, 6.07) is 14.5.